The van der Waals surface area contributed by atoms with Crippen LogP contribution >= 0.6 is 15.9 Å². The number of rotatable bonds is 5. The van der Waals surface area contributed by atoms with Crippen molar-refractivity contribution in [3.05, 3.63) is 15.9 Å². The summed E-state index contributed by atoms with van der Waals surface area (Å²) in [5, 5.41) is 7.89. The third-order valence-electron chi connectivity index (χ3n) is 3.39. The maximum atomic E-state index is 5.74. The number of ether oxygens (including phenoxy) is 1. The molecule has 1 unspecified atom stereocenters. The summed E-state index contributed by atoms with van der Waals surface area (Å²) in [6.07, 6.45) is 0.289. The molecule has 0 aliphatic carbocycles. The van der Waals surface area contributed by atoms with Gasteiger partial charge in [-0.05, 0) is 36.8 Å². The Kier molecular flexibility index (Phi) is 5.38. The Morgan fingerprint density at radius 3 is 3.00 bits per heavy atom. The van der Waals surface area contributed by atoms with Crippen LogP contribution in [0.5, 0.6) is 0 Å². The summed E-state index contributed by atoms with van der Waals surface area (Å²) in [5.74, 6) is 0. The summed E-state index contributed by atoms with van der Waals surface area (Å²) in [5.41, 5.74) is 2.30. The van der Waals surface area contributed by atoms with Crippen molar-refractivity contribution >= 4 is 15.9 Å². The molecule has 0 saturated carbocycles. The maximum Gasteiger partial charge on any atom is 0.0826 e. The molecule has 1 saturated heterocycles. The van der Waals surface area contributed by atoms with Gasteiger partial charge < -0.3 is 10.1 Å². The lowest BCUT2D eigenvalue weighted by atomic mass is 10.2. The number of aromatic nitrogens is 2. The minimum atomic E-state index is 0.289. The lowest BCUT2D eigenvalue weighted by Crippen LogP contribution is -2.44. The first-order valence-electron chi connectivity index (χ1n) is 6.84. The molecule has 6 heteroatoms. The van der Waals surface area contributed by atoms with Gasteiger partial charge in [0.1, 0.15) is 0 Å². The highest BCUT2D eigenvalue weighted by Gasteiger charge is 2.18. The normalized spacial score (nSPS) is 20.2. The molecule has 0 radical (unpaired) electrons. The molecule has 5 nitrogen and oxygen atoms in total. The molecule has 2 rings (SSSR count). The second-order valence-corrected chi connectivity index (χ2v) is 5.85. The van der Waals surface area contributed by atoms with Gasteiger partial charge in [-0.1, -0.05) is 0 Å². The molecule has 1 fully saturated rings. The van der Waals surface area contributed by atoms with Crippen molar-refractivity contribution in [3.63, 3.8) is 0 Å². The number of likely N-dealkylation sites (N-methyl/N-ethyl adjacent to an activating group) is 1. The highest BCUT2D eigenvalue weighted by molar-refractivity contribution is 9.10. The average molecular weight is 331 g/mol. The van der Waals surface area contributed by atoms with Crippen LogP contribution in [-0.4, -0.2) is 54.1 Å². The van der Waals surface area contributed by atoms with E-state index in [1.165, 1.54) is 5.69 Å². The molecule has 0 bridgehead atoms. The molecule has 1 atom stereocenters. The molecule has 2 heterocycles. The minimum absolute atomic E-state index is 0.289. The van der Waals surface area contributed by atoms with E-state index in [0.29, 0.717) is 0 Å². The van der Waals surface area contributed by atoms with Crippen LogP contribution in [0.25, 0.3) is 0 Å². The second-order valence-electron chi connectivity index (χ2n) is 5.06. The first-order valence-corrected chi connectivity index (χ1v) is 7.63. The number of hydrogen-bond donors (Lipinski definition) is 1. The van der Waals surface area contributed by atoms with E-state index < -0.39 is 0 Å². The highest BCUT2D eigenvalue weighted by atomic mass is 79.9. The number of aryl methyl sites for hydroxylation is 2. The third kappa shape index (κ3) is 3.78. The zero-order valence-corrected chi connectivity index (χ0v) is 13.5. The molecule has 1 aromatic heterocycles. The van der Waals surface area contributed by atoms with Gasteiger partial charge >= 0.3 is 0 Å². The third-order valence-corrected chi connectivity index (χ3v) is 4.42. The Balaban J connectivity index is 1.96. The molecule has 0 amide bonds. The summed E-state index contributed by atoms with van der Waals surface area (Å²) in [6.45, 7) is 9.60. The van der Waals surface area contributed by atoms with Crippen LogP contribution in [0.4, 0.5) is 0 Å². The first kappa shape index (κ1) is 15.0. The van der Waals surface area contributed by atoms with Gasteiger partial charge in [0.15, 0.2) is 0 Å². The quantitative estimate of drug-likeness (QED) is 0.886. The van der Waals surface area contributed by atoms with E-state index in [4.69, 9.17) is 4.74 Å². The molecule has 1 aliphatic rings. The summed E-state index contributed by atoms with van der Waals surface area (Å²) in [6, 6.07) is 0. The topological polar surface area (TPSA) is 42.3 Å². The Bertz CT molecular complexity index is 415. The predicted molar refractivity (Wildman–Crippen MR) is 79.3 cm³/mol. The number of morpholine rings is 1. The van der Waals surface area contributed by atoms with Crippen LogP contribution in [0.3, 0.4) is 0 Å². The number of nitrogens with one attached hydrogen (secondary N) is 1. The van der Waals surface area contributed by atoms with Gasteiger partial charge in [-0.2, -0.15) is 5.10 Å². The summed E-state index contributed by atoms with van der Waals surface area (Å²) < 4.78 is 8.93. The van der Waals surface area contributed by atoms with E-state index in [9.17, 15) is 0 Å². The van der Waals surface area contributed by atoms with Gasteiger partial charge in [0.05, 0.1) is 28.6 Å². The van der Waals surface area contributed by atoms with Crippen molar-refractivity contribution in [2.75, 3.05) is 33.3 Å². The molecule has 1 aromatic rings. The lowest BCUT2D eigenvalue weighted by molar-refractivity contribution is 0.00846. The average Bonchev–Trinajstić information content (AvgIpc) is 2.67. The first-order chi connectivity index (χ1) is 9.11. The smallest absolute Gasteiger partial charge is 0.0826 e. The SMILES string of the molecule is CCn1nc(C)c(Br)c1CN(C)CC1CNCCO1. The van der Waals surface area contributed by atoms with Crippen molar-refractivity contribution in [1.29, 1.82) is 0 Å². The highest BCUT2D eigenvalue weighted by Crippen LogP contribution is 2.22. The van der Waals surface area contributed by atoms with Crippen LogP contribution < -0.4 is 5.32 Å². The zero-order valence-electron chi connectivity index (χ0n) is 11.9. The van der Waals surface area contributed by atoms with Crippen molar-refractivity contribution in [1.82, 2.24) is 20.0 Å². The van der Waals surface area contributed by atoms with Crippen LogP contribution in [0.1, 0.15) is 18.3 Å². The molecule has 0 aromatic carbocycles. The number of nitrogens with zero attached hydrogens (tertiary/aromatic N) is 3. The van der Waals surface area contributed by atoms with E-state index in [0.717, 1.165) is 49.5 Å². The summed E-state index contributed by atoms with van der Waals surface area (Å²) >= 11 is 3.64. The molecule has 108 valence electrons. The zero-order chi connectivity index (χ0) is 13.8. The summed E-state index contributed by atoms with van der Waals surface area (Å²) in [4.78, 5) is 2.30. The van der Waals surface area contributed by atoms with Crippen LogP contribution in [0, 0.1) is 6.92 Å². The number of halogens is 1. The van der Waals surface area contributed by atoms with E-state index in [-0.39, 0.29) is 6.10 Å². The molecular formula is C13H23BrN4O. The van der Waals surface area contributed by atoms with Gasteiger partial charge in [-0.3, -0.25) is 9.58 Å². The molecule has 19 heavy (non-hydrogen) atoms. The van der Waals surface area contributed by atoms with E-state index >= 15 is 0 Å². The van der Waals surface area contributed by atoms with Crippen LogP contribution in [-0.2, 0) is 17.8 Å². The van der Waals surface area contributed by atoms with Crippen LogP contribution in [0.2, 0.25) is 0 Å². The fourth-order valence-corrected chi connectivity index (χ4v) is 2.83. The van der Waals surface area contributed by atoms with Crippen molar-refractivity contribution < 1.29 is 4.74 Å². The Labute approximate surface area is 123 Å². The molecule has 0 spiro atoms. The second kappa shape index (κ2) is 6.83. The largest absolute Gasteiger partial charge is 0.374 e. The van der Waals surface area contributed by atoms with Crippen LogP contribution in [0.15, 0.2) is 4.47 Å². The van der Waals surface area contributed by atoms with Gasteiger partial charge in [0.25, 0.3) is 0 Å². The van der Waals surface area contributed by atoms with Gasteiger partial charge in [0, 0.05) is 32.7 Å². The fourth-order valence-electron chi connectivity index (χ4n) is 2.42. The maximum absolute atomic E-state index is 5.74. The minimum Gasteiger partial charge on any atom is -0.374 e. The molecule has 1 aliphatic heterocycles. The summed E-state index contributed by atoms with van der Waals surface area (Å²) in [7, 11) is 2.13. The van der Waals surface area contributed by atoms with E-state index in [2.05, 4.69) is 49.9 Å². The Morgan fingerprint density at radius 1 is 1.58 bits per heavy atom. The monoisotopic (exact) mass is 330 g/mol. The fraction of sp³-hybridized carbons (Fsp3) is 0.769. The van der Waals surface area contributed by atoms with E-state index in [1.807, 2.05) is 6.92 Å². The predicted octanol–water partition coefficient (Wildman–Crippen LogP) is 1.39. The lowest BCUT2D eigenvalue weighted by Gasteiger charge is -2.28. The number of hydrogen-bond acceptors (Lipinski definition) is 4. The van der Waals surface area contributed by atoms with E-state index in [1.54, 1.807) is 0 Å². The molecular weight excluding hydrogens is 308 g/mol. The van der Waals surface area contributed by atoms with Crippen molar-refractivity contribution in [2.24, 2.45) is 0 Å². The van der Waals surface area contributed by atoms with Crippen molar-refractivity contribution in [3.8, 4) is 0 Å². The van der Waals surface area contributed by atoms with Gasteiger partial charge in [-0.25, -0.2) is 0 Å². The van der Waals surface area contributed by atoms with Crippen molar-refractivity contribution in [2.45, 2.75) is 33.0 Å². The standard InChI is InChI=1S/C13H23BrN4O/c1-4-18-12(13(14)10(2)16-18)9-17(3)8-11-7-15-5-6-19-11/h11,15H,4-9H2,1-3H3. The van der Waals surface area contributed by atoms with Gasteiger partial charge in [0.2, 0.25) is 0 Å². The Hall–Kier alpha value is -0.430. The Morgan fingerprint density at radius 2 is 2.37 bits per heavy atom. The molecule has 1 N–H and O–H groups in total. The van der Waals surface area contributed by atoms with Gasteiger partial charge in [-0.15, -0.1) is 0 Å².